The number of hydrogen-bond donors (Lipinski definition) is 1. The average molecular weight is 308 g/mol. The molecule has 2 aliphatic heterocycles. The van der Waals surface area contributed by atoms with E-state index in [1.807, 2.05) is 13.0 Å². The first-order chi connectivity index (χ1) is 10.3. The third-order valence-corrected chi connectivity index (χ3v) is 3.98. The van der Waals surface area contributed by atoms with Gasteiger partial charge in [-0.1, -0.05) is 20.3 Å². The second-order valence-electron chi connectivity index (χ2n) is 6.06. The first-order valence-corrected chi connectivity index (χ1v) is 7.35. The maximum atomic E-state index is 12.1. The van der Waals surface area contributed by atoms with Gasteiger partial charge in [-0.15, -0.1) is 0 Å². The highest BCUT2D eigenvalue weighted by Crippen LogP contribution is 2.35. The van der Waals surface area contributed by atoms with Crippen LogP contribution in [0.25, 0.3) is 0 Å². The van der Waals surface area contributed by atoms with Crippen molar-refractivity contribution in [2.45, 2.75) is 51.7 Å². The second kappa shape index (κ2) is 5.94. The van der Waals surface area contributed by atoms with E-state index >= 15 is 0 Å². The predicted octanol–water partition coefficient (Wildman–Crippen LogP) is 1.99. The van der Waals surface area contributed by atoms with Crippen LogP contribution in [0.1, 0.15) is 40.0 Å². The number of carbonyl (C=O) groups excluding carboxylic acids is 2. The molecule has 0 amide bonds. The number of hydrogen-bond acceptors (Lipinski definition) is 5. The molecule has 2 heterocycles. The minimum atomic E-state index is -1.26. The molecule has 0 aliphatic carbocycles. The zero-order valence-corrected chi connectivity index (χ0v) is 12.9. The van der Waals surface area contributed by atoms with Crippen LogP contribution in [0.3, 0.4) is 0 Å². The van der Waals surface area contributed by atoms with Gasteiger partial charge < -0.3 is 14.6 Å². The van der Waals surface area contributed by atoms with Gasteiger partial charge in [-0.05, 0) is 31.4 Å². The molecule has 0 aromatic carbocycles. The fourth-order valence-corrected chi connectivity index (χ4v) is 2.67. The van der Waals surface area contributed by atoms with E-state index in [-0.39, 0.29) is 11.3 Å². The molecule has 1 fully saturated rings. The first-order valence-electron chi connectivity index (χ1n) is 7.35. The molecule has 2 rings (SSSR count). The molecule has 22 heavy (non-hydrogen) atoms. The lowest BCUT2D eigenvalue weighted by atomic mass is 9.92. The summed E-state index contributed by atoms with van der Waals surface area (Å²) in [5, 5.41) is 8.73. The van der Waals surface area contributed by atoms with Crippen LogP contribution in [-0.2, 0) is 23.9 Å². The molecule has 1 saturated heterocycles. The monoisotopic (exact) mass is 308 g/mol. The van der Waals surface area contributed by atoms with Crippen molar-refractivity contribution in [3.8, 4) is 0 Å². The van der Waals surface area contributed by atoms with Gasteiger partial charge in [0.05, 0.1) is 6.42 Å². The standard InChI is InChI=1S/C16H20O6/c1-4-9(2)8-16(3)6-5-10(22-16)13-14(19)11(7-12(17)18)21-15(13)20/h5-6,9,11H,4,7-8H2,1-3H3,(H,17,18)/b13-10-/t9-,11-,16+/m1/s1. The number of carboxylic acid groups (broad SMARTS) is 1. The Morgan fingerprint density at radius 3 is 2.73 bits per heavy atom. The summed E-state index contributed by atoms with van der Waals surface area (Å²) in [6.45, 7) is 6.08. The highest BCUT2D eigenvalue weighted by molar-refractivity contribution is 6.24. The molecule has 1 N–H and O–H groups in total. The van der Waals surface area contributed by atoms with Crippen molar-refractivity contribution in [1.29, 1.82) is 0 Å². The van der Waals surface area contributed by atoms with E-state index in [9.17, 15) is 14.4 Å². The van der Waals surface area contributed by atoms with Crippen LogP contribution in [0.4, 0.5) is 0 Å². The minimum Gasteiger partial charge on any atom is -0.482 e. The summed E-state index contributed by atoms with van der Waals surface area (Å²) in [5.74, 6) is -2.02. The topological polar surface area (TPSA) is 89.9 Å². The van der Waals surface area contributed by atoms with Crippen LogP contribution in [0.5, 0.6) is 0 Å². The smallest absolute Gasteiger partial charge is 0.346 e. The Hall–Kier alpha value is -2.11. The molecule has 0 radical (unpaired) electrons. The zero-order valence-electron chi connectivity index (χ0n) is 12.9. The number of allylic oxidation sites excluding steroid dienone is 1. The number of esters is 1. The molecular weight excluding hydrogens is 288 g/mol. The van der Waals surface area contributed by atoms with Gasteiger partial charge in [0.1, 0.15) is 16.9 Å². The van der Waals surface area contributed by atoms with Crippen LogP contribution >= 0.6 is 0 Å². The largest absolute Gasteiger partial charge is 0.482 e. The second-order valence-corrected chi connectivity index (χ2v) is 6.06. The van der Waals surface area contributed by atoms with Crippen molar-refractivity contribution in [3.05, 3.63) is 23.5 Å². The lowest BCUT2D eigenvalue weighted by Crippen LogP contribution is -2.25. The summed E-state index contributed by atoms with van der Waals surface area (Å²) in [7, 11) is 0. The SMILES string of the molecule is CC[C@@H](C)C[C@]1(C)C=C/C(=C2/C(=O)O[C@H](CC(=O)O)C2=O)O1. The first kappa shape index (κ1) is 16.3. The van der Waals surface area contributed by atoms with Crippen molar-refractivity contribution in [2.75, 3.05) is 0 Å². The predicted molar refractivity (Wildman–Crippen MR) is 76.9 cm³/mol. The highest BCUT2D eigenvalue weighted by atomic mass is 16.6. The van der Waals surface area contributed by atoms with Crippen LogP contribution in [0.15, 0.2) is 23.5 Å². The van der Waals surface area contributed by atoms with E-state index in [1.165, 1.54) is 0 Å². The van der Waals surface area contributed by atoms with E-state index in [0.717, 1.165) is 12.8 Å². The van der Waals surface area contributed by atoms with Gasteiger partial charge >= 0.3 is 11.9 Å². The molecule has 0 spiro atoms. The maximum Gasteiger partial charge on any atom is 0.346 e. The molecule has 0 unspecified atom stereocenters. The zero-order chi connectivity index (χ0) is 16.5. The molecule has 2 aliphatic rings. The molecule has 120 valence electrons. The highest BCUT2D eigenvalue weighted by Gasteiger charge is 2.44. The number of carboxylic acids is 1. The van der Waals surface area contributed by atoms with Crippen molar-refractivity contribution >= 4 is 17.7 Å². The van der Waals surface area contributed by atoms with E-state index in [4.69, 9.17) is 14.6 Å². The fraction of sp³-hybridized carbons (Fsp3) is 0.562. The quantitative estimate of drug-likeness (QED) is 0.474. The van der Waals surface area contributed by atoms with Gasteiger partial charge in [0.15, 0.2) is 6.10 Å². The third-order valence-electron chi connectivity index (χ3n) is 3.98. The summed E-state index contributed by atoms with van der Waals surface area (Å²) in [5.41, 5.74) is -0.751. The Bertz CT molecular complexity index is 573. The number of Topliss-reactive ketones (excluding diaryl/α,β-unsaturated/α-hetero) is 1. The Kier molecular flexibility index (Phi) is 4.39. The van der Waals surface area contributed by atoms with Crippen LogP contribution in [0, 0.1) is 5.92 Å². The Morgan fingerprint density at radius 2 is 2.14 bits per heavy atom. The molecule has 6 heteroatoms. The number of rotatable bonds is 5. The molecule has 6 nitrogen and oxygen atoms in total. The van der Waals surface area contributed by atoms with Gasteiger partial charge in [0.25, 0.3) is 0 Å². The van der Waals surface area contributed by atoms with Gasteiger partial charge in [-0.2, -0.15) is 0 Å². The van der Waals surface area contributed by atoms with E-state index in [1.54, 1.807) is 6.08 Å². The van der Waals surface area contributed by atoms with Gasteiger partial charge in [-0.25, -0.2) is 4.79 Å². The van der Waals surface area contributed by atoms with Crippen LogP contribution in [0.2, 0.25) is 0 Å². The van der Waals surface area contributed by atoms with Gasteiger partial charge in [-0.3, -0.25) is 9.59 Å². The number of ketones is 1. The molecule has 3 atom stereocenters. The van der Waals surface area contributed by atoms with Crippen molar-refractivity contribution in [2.24, 2.45) is 5.92 Å². The minimum absolute atomic E-state index is 0.175. The average Bonchev–Trinajstić information content (AvgIpc) is 2.90. The number of ether oxygens (including phenoxy) is 2. The Labute approximate surface area is 128 Å². The van der Waals surface area contributed by atoms with Gasteiger partial charge in [0.2, 0.25) is 5.78 Å². The lowest BCUT2D eigenvalue weighted by molar-refractivity contribution is -0.147. The van der Waals surface area contributed by atoms with Crippen molar-refractivity contribution in [1.82, 2.24) is 0 Å². The van der Waals surface area contributed by atoms with Crippen LogP contribution in [-0.4, -0.2) is 34.5 Å². The number of aliphatic carboxylic acids is 1. The lowest BCUT2D eigenvalue weighted by Gasteiger charge is -2.26. The molecule has 0 aromatic rings. The molecule has 0 aromatic heterocycles. The summed E-state index contributed by atoms with van der Waals surface area (Å²) < 4.78 is 10.6. The van der Waals surface area contributed by atoms with Crippen molar-refractivity contribution in [3.63, 3.8) is 0 Å². The molecule has 0 saturated carbocycles. The third kappa shape index (κ3) is 3.21. The summed E-state index contributed by atoms with van der Waals surface area (Å²) in [6.07, 6.45) is 3.40. The number of carbonyl (C=O) groups is 3. The summed E-state index contributed by atoms with van der Waals surface area (Å²) in [4.78, 5) is 34.7. The fourth-order valence-electron chi connectivity index (χ4n) is 2.67. The summed E-state index contributed by atoms with van der Waals surface area (Å²) in [6, 6.07) is 0. The Balaban J connectivity index is 2.19. The number of cyclic esters (lactones) is 1. The van der Waals surface area contributed by atoms with Gasteiger partial charge in [0, 0.05) is 0 Å². The van der Waals surface area contributed by atoms with Crippen LogP contribution < -0.4 is 0 Å². The Morgan fingerprint density at radius 1 is 1.45 bits per heavy atom. The van der Waals surface area contributed by atoms with E-state index in [0.29, 0.717) is 5.92 Å². The summed E-state index contributed by atoms with van der Waals surface area (Å²) >= 11 is 0. The van der Waals surface area contributed by atoms with E-state index in [2.05, 4.69) is 13.8 Å². The molecular formula is C16H20O6. The van der Waals surface area contributed by atoms with Crippen molar-refractivity contribution < 1.29 is 29.0 Å². The normalized spacial score (nSPS) is 32.0. The van der Waals surface area contributed by atoms with E-state index < -0.39 is 35.8 Å². The molecule has 0 bridgehead atoms. The maximum absolute atomic E-state index is 12.1.